The zero-order chi connectivity index (χ0) is 19.9. The topological polar surface area (TPSA) is 94.7 Å². The molecule has 1 aliphatic rings. The van der Waals surface area contributed by atoms with Crippen molar-refractivity contribution in [1.29, 1.82) is 0 Å². The minimum Gasteiger partial charge on any atom is -0.443 e. The Kier molecular flexibility index (Phi) is 4.98. The normalized spacial score (nSPS) is 14.9. The third-order valence-electron chi connectivity index (χ3n) is 4.24. The molecule has 0 atom stereocenters. The second-order valence-corrected chi connectivity index (χ2v) is 8.61. The summed E-state index contributed by atoms with van der Waals surface area (Å²) in [6, 6.07) is 0.0115. The van der Waals surface area contributed by atoms with Crippen LogP contribution in [0.25, 0.3) is 10.2 Å². The lowest BCUT2D eigenvalue weighted by atomic mass is 10.2. The van der Waals surface area contributed by atoms with Gasteiger partial charge in [0.1, 0.15) is 10.4 Å². The molecular formula is C18H24N4O4S. The van der Waals surface area contributed by atoms with E-state index in [1.807, 2.05) is 13.8 Å². The second kappa shape index (κ2) is 6.95. The largest absolute Gasteiger partial charge is 0.443 e. The first-order chi connectivity index (χ1) is 12.6. The number of nitrogens with one attached hydrogen (secondary N) is 1. The Labute approximate surface area is 160 Å². The van der Waals surface area contributed by atoms with E-state index in [2.05, 4.69) is 10.5 Å². The molecular weight excluding hydrogens is 368 g/mol. The van der Waals surface area contributed by atoms with Crippen molar-refractivity contribution in [2.45, 2.75) is 65.6 Å². The van der Waals surface area contributed by atoms with Gasteiger partial charge in [0, 0.05) is 12.6 Å². The highest BCUT2D eigenvalue weighted by Gasteiger charge is 2.30. The van der Waals surface area contributed by atoms with E-state index in [4.69, 9.17) is 4.74 Å². The number of hydrazone groups is 1. The Bertz CT molecular complexity index is 1030. The summed E-state index contributed by atoms with van der Waals surface area (Å²) in [6.07, 6.45) is 2.55. The van der Waals surface area contributed by atoms with E-state index < -0.39 is 11.7 Å². The van der Waals surface area contributed by atoms with Crippen molar-refractivity contribution in [3.05, 3.63) is 31.3 Å². The van der Waals surface area contributed by atoms with Gasteiger partial charge in [-0.25, -0.2) is 15.0 Å². The molecule has 0 bridgehead atoms. The number of nitrogens with zero attached hydrogens (tertiary/aromatic N) is 3. The van der Waals surface area contributed by atoms with Gasteiger partial charge in [-0.05, 0) is 53.0 Å². The Morgan fingerprint density at radius 3 is 2.59 bits per heavy atom. The molecule has 2 aromatic heterocycles. The van der Waals surface area contributed by atoms with Crippen molar-refractivity contribution in [2.75, 3.05) is 0 Å². The molecule has 8 nitrogen and oxygen atoms in total. The molecule has 0 aromatic carbocycles. The monoisotopic (exact) mass is 392 g/mol. The lowest BCUT2D eigenvalue weighted by Crippen LogP contribution is -2.39. The van der Waals surface area contributed by atoms with Gasteiger partial charge in [-0.15, -0.1) is 11.3 Å². The molecule has 0 radical (unpaired) electrons. The summed E-state index contributed by atoms with van der Waals surface area (Å²) in [6.45, 7) is 9.49. The SMILES string of the molecule is CCn1c(=O)n(C2CC2)c(=O)c2c(C)c(/C=N/NC(=O)OC(C)(C)C)sc21. The van der Waals surface area contributed by atoms with Gasteiger partial charge in [-0.1, -0.05) is 0 Å². The summed E-state index contributed by atoms with van der Waals surface area (Å²) in [5.74, 6) is 0. The van der Waals surface area contributed by atoms with Crippen LogP contribution in [0, 0.1) is 6.92 Å². The molecule has 1 fully saturated rings. The Balaban J connectivity index is 1.99. The van der Waals surface area contributed by atoms with Crippen molar-refractivity contribution in [3.8, 4) is 0 Å². The highest BCUT2D eigenvalue weighted by Crippen LogP contribution is 2.34. The van der Waals surface area contributed by atoms with Gasteiger partial charge in [0.25, 0.3) is 5.56 Å². The molecule has 0 saturated heterocycles. The van der Waals surface area contributed by atoms with Crippen LogP contribution in [0.4, 0.5) is 4.79 Å². The average molecular weight is 392 g/mol. The van der Waals surface area contributed by atoms with Crippen LogP contribution in [0.5, 0.6) is 0 Å². The minimum atomic E-state index is -0.654. The zero-order valence-electron chi connectivity index (χ0n) is 16.2. The van der Waals surface area contributed by atoms with Crippen molar-refractivity contribution in [1.82, 2.24) is 14.6 Å². The van der Waals surface area contributed by atoms with E-state index in [0.29, 0.717) is 21.6 Å². The summed E-state index contributed by atoms with van der Waals surface area (Å²) >= 11 is 1.32. The molecule has 27 heavy (non-hydrogen) atoms. The van der Waals surface area contributed by atoms with Crippen LogP contribution in [0.2, 0.25) is 0 Å². The number of hydrogen-bond acceptors (Lipinski definition) is 6. The summed E-state index contributed by atoms with van der Waals surface area (Å²) in [5.41, 5.74) is 1.96. The molecule has 1 amide bonds. The van der Waals surface area contributed by atoms with Gasteiger partial charge >= 0.3 is 11.8 Å². The van der Waals surface area contributed by atoms with Gasteiger partial charge in [-0.2, -0.15) is 5.10 Å². The van der Waals surface area contributed by atoms with Crippen molar-refractivity contribution in [2.24, 2.45) is 5.10 Å². The molecule has 0 aliphatic heterocycles. The lowest BCUT2D eigenvalue weighted by Gasteiger charge is -2.18. The van der Waals surface area contributed by atoms with Crippen molar-refractivity contribution >= 4 is 33.9 Å². The van der Waals surface area contributed by atoms with Gasteiger partial charge in [-0.3, -0.25) is 13.9 Å². The third kappa shape index (κ3) is 3.83. The van der Waals surface area contributed by atoms with Gasteiger partial charge in [0.2, 0.25) is 0 Å². The van der Waals surface area contributed by atoms with Crippen LogP contribution in [0.3, 0.4) is 0 Å². The minimum absolute atomic E-state index is 0.0115. The van der Waals surface area contributed by atoms with E-state index in [0.717, 1.165) is 18.4 Å². The molecule has 2 aromatic rings. The maximum atomic E-state index is 12.9. The van der Waals surface area contributed by atoms with Crippen LogP contribution in [-0.4, -0.2) is 27.0 Å². The van der Waals surface area contributed by atoms with E-state index in [9.17, 15) is 14.4 Å². The lowest BCUT2D eigenvalue weighted by molar-refractivity contribution is 0.0529. The highest BCUT2D eigenvalue weighted by molar-refractivity contribution is 7.20. The number of rotatable bonds is 4. The summed E-state index contributed by atoms with van der Waals surface area (Å²) in [5, 5.41) is 4.47. The third-order valence-corrected chi connectivity index (χ3v) is 5.49. The maximum Gasteiger partial charge on any atom is 0.428 e. The molecule has 1 aliphatic carbocycles. The Morgan fingerprint density at radius 1 is 1.37 bits per heavy atom. The van der Waals surface area contributed by atoms with Crippen LogP contribution in [0.1, 0.15) is 57.0 Å². The highest BCUT2D eigenvalue weighted by atomic mass is 32.1. The van der Waals surface area contributed by atoms with Crippen LogP contribution in [-0.2, 0) is 11.3 Å². The van der Waals surface area contributed by atoms with Gasteiger partial charge in [0.15, 0.2) is 0 Å². The number of fused-ring (bicyclic) bond motifs is 1. The molecule has 1 N–H and O–H groups in total. The number of ether oxygens (including phenoxy) is 1. The van der Waals surface area contributed by atoms with E-state index in [-0.39, 0.29) is 17.3 Å². The first-order valence-corrected chi connectivity index (χ1v) is 9.76. The molecule has 1 saturated carbocycles. The average Bonchev–Trinajstić information content (AvgIpc) is 3.31. The predicted octanol–water partition coefficient (Wildman–Crippen LogP) is 2.75. The fourth-order valence-electron chi connectivity index (χ4n) is 2.88. The van der Waals surface area contributed by atoms with Crippen molar-refractivity contribution < 1.29 is 9.53 Å². The summed E-state index contributed by atoms with van der Waals surface area (Å²) in [7, 11) is 0. The van der Waals surface area contributed by atoms with Crippen LogP contribution >= 0.6 is 11.3 Å². The number of aryl methyl sites for hydroxylation is 2. The van der Waals surface area contributed by atoms with E-state index >= 15 is 0 Å². The zero-order valence-corrected chi connectivity index (χ0v) is 17.0. The molecule has 0 spiro atoms. The van der Waals surface area contributed by atoms with Crippen LogP contribution < -0.4 is 16.7 Å². The number of thiophene rings is 1. The van der Waals surface area contributed by atoms with E-state index in [1.165, 1.54) is 22.1 Å². The quantitative estimate of drug-likeness (QED) is 0.639. The Hall–Kier alpha value is -2.42. The Morgan fingerprint density at radius 2 is 2.04 bits per heavy atom. The summed E-state index contributed by atoms with van der Waals surface area (Å²) in [4.78, 5) is 38.6. The maximum absolute atomic E-state index is 12.9. The standard InChI is InChI=1S/C18H24N4O4S/c1-6-21-15-13(14(23)22(17(21)25)11-7-8-11)10(2)12(27-15)9-19-20-16(24)26-18(3,4)5/h9,11H,6-8H2,1-5H3,(H,20,24)/b19-9+. The second-order valence-electron chi connectivity index (χ2n) is 7.58. The number of aromatic nitrogens is 2. The molecule has 0 unspecified atom stereocenters. The number of carbonyl (C=O) groups excluding carboxylic acids is 1. The molecule has 3 rings (SSSR count). The van der Waals surface area contributed by atoms with E-state index in [1.54, 1.807) is 25.3 Å². The van der Waals surface area contributed by atoms with Crippen molar-refractivity contribution in [3.63, 3.8) is 0 Å². The molecule has 2 heterocycles. The fraction of sp³-hybridized carbons (Fsp3) is 0.556. The van der Waals surface area contributed by atoms with Crippen LogP contribution in [0.15, 0.2) is 14.7 Å². The summed E-state index contributed by atoms with van der Waals surface area (Å²) < 4.78 is 8.14. The molecule has 9 heteroatoms. The fourth-order valence-corrected chi connectivity index (χ4v) is 4.11. The van der Waals surface area contributed by atoms with Gasteiger partial charge < -0.3 is 4.74 Å². The smallest absolute Gasteiger partial charge is 0.428 e. The number of amides is 1. The predicted molar refractivity (Wildman–Crippen MR) is 106 cm³/mol. The first kappa shape index (κ1) is 19.3. The number of carbonyl (C=O) groups is 1. The molecule has 146 valence electrons. The first-order valence-electron chi connectivity index (χ1n) is 8.94. The van der Waals surface area contributed by atoms with Gasteiger partial charge in [0.05, 0.1) is 16.5 Å². The number of hydrogen-bond donors (Lipinski definition) is 1.